The molecular weight excluding hydrogens is 486 g/mol. The largest absolute Gasteiger partial charge is 0.480 e. The van der Waals surface area contributed by atoms with Crippen LogP contribution in [0.2, 0.25) is 0 Å². The molecule has 0 unspecified atom stereocenters. The number of alkyl halides is 6. The van der Waals surface area contributed by atoms with Crippen molar-refractivity contribution in [2.24, 2.45) is 0 Å². The van der Waals surface area contributed by atoms with Gasteiger partial charge in [0.2, 0.25) is 0 Å². The van der Waals surface area contributed by atoms with Crippen LogP contribution in [0.15, 0.2) is 54.6 Å². The molecule has 0 spiro atoms. The first-order valence-corrected chi connectivity index (χ1v) is 11.5. The molecule has 0 saturated heterocycles. The Hall–Kier alpha value is -2.16. The molecule has 6 nitrogen and oxygen atoms in total. The van der Waals surface area contributed by atoms with Crippen molar-refractivity contribution in [3.8, 4) is 0 Å². The number of hydrogen-bond acceptors (Lipinski definition) is 4. The maximum Gasteiger partial charge on any atom is 0.480 e. The second-order valence-electron chi connectivity index (χ2n) is 7.08. The van der Waals surface area contributed by atoms with Gasteiger partial charge in [0, 0.05) is 5.56 Å². The first kappa shape index (κ1) is 27.9. The molecule has 0 heterocycles. The lowest BCUT2D eigenvalue weighted by Gasteiger charge is -2.29. The number of benzene rings is 2. The highest BCUT2D eigenvalue weighted by molar-refractivity contribution is 8.13. The number of aryl methyl sites for hydroxylation is 1. The highest BCUT2D eigenvalue weighted by Crippen LogP contribution is 2.36. The lowest BCUT2D eigenvalue weighted by molar-refractivity contribution is -0.0444. The molecule has 0 aliphatic rings. The Morgan fingerprint density at radius 1 is 0.750 bits per heavy atom. The fourth-order valence-corrected chi connectivity index (χ4v) is 4.00. The van der Waals surface area contributed by atoms with Gasteiger partial charge in [-0.05, 0) is 19.1 Å². The molecule has 14 heteroatoms. The Morgan fingerprint density at radius 3 is 1.53 bits per heavy atom. The standard InChI is InChI=1S/C16H20N.C2F6NO4S2/c1-14-9-11-15(12-10-14)13-17(2,3)16-7-5-4-6-8-16;3-1(4,5)14(10,11)9-15(12,13)2(6,7)8/h4-12H,13H2,1-3H3;/q+1;-1. The minimum atomic E-state index is -6.72. The van der Waals surface area contributed by atoms with Crippen LogP contribution in [0.1, 0.15) is 11.1 Å². The highest BCUT2D eigenvalue weighted by atomic mass is 32.3. The normalized spacial score (nSPS) is 13.3. The summed E-state index contributed by atoms with van der Waals surface area (Å²) < 4.78 is 110. The molecule has 0 aliphatic carbocycles. The molecule has 2 aromatic carbocycles. The Bertz CT molecular complexity index is 1050. The van der Waals surface area contributed by atoms with Gasteiger partial charge >= 0.3 is 11.0 Å². The maximum absolute atomic E-state index is 11.4. The smallest absolute Gasteiger partial charge is 0.421 e. The molecule has 32 heavy (non-hydrogen) atoms. The van der Waals surface area contributed by atoms with E-state index in [4.69, 9.17) is 0 Å². The van der Waals surface area contributed by atoms with Crippen molar-refractivity contribution >= 4 is 25.7 Å². The molecule has 2 rings (SSSR count). The van der Waals surface area contributed by atoms with E-state index in [9.17, 15) is 43.2 Å². The molecule has 0 bridgehead atoms. The van der Waals surface area contributed by atoms with Crippen molar-refractivity contribution in [1.29, 1.82) is 0 Å². The maximum atomic E-state index is 11.4. The summed E-state index contributed by atoms with van der Waals surface area (Å²) >= 11 is 0. The number of rotatable bonds is 5. The molecule has 0 N–H and O–H groups in total. The minimum absolute atomic E-state index is 0.778. The van der Waals surface area contributed by atoms with Crippen molar-refractivity contribution in [3.05, 3.63) is 69.9 Å². The Kier molecular flexibility index (Phi) is 8.51. The second kappa shape index (κ2) is 9.77. The van der Waals surface area contributed by atoms with Crippen LogP contribution in [0.4, 0.5) is 32.0 Å². The van der Waals surface area contributed by atoms with E-state index in [1.165, 1.54) is 16.8 Å². The molecule has 0 fully saturated rings. The third kappa shape index (κ3) is 7.76. The lowest BCUT2D eigenvalue weighted by Crippen LogP contribution is -2.39. The predicted molar refractivity (Wildman–Crippen MR) is 108 cm³/mol. The monoisotopic (exact) mass is 506 g/mol. The summed E-state index contributed by atoms with van der Waals surface area (Å²) in [6.07, 6.45) is 0. The zero-order valence-corrected chi connectivity index (χ0v) is 18.6. The molecule has 0 aromatic heterocycles. The van der Waals surface area contributed by atoms with Crippen LogP contribution in [0, 0.1) is 6.92 Å². The minimum Gasteiger partial charge on any atom is -0.421 e. The molecule has 0 aliphatic heterocycles. The van der Waals surface area contributed by atoms with Crippen LogP contribution in [0.3, 0.4) is 0 Å². The molecule has 0 saturated carbocycles. The Labute approximate surface area is 182 Å². The van der Waals surface area contributed by atoms with Gasteiger partial charge in [-0.1, -0.05) is 48.0 Å². The third-order valence-corrected chi connectivity index (χ3v) is 6.67. The van der Waals surface area contributed by atoms with Crippen LogP contribution in [0.5, 0.6) is 0 Å². The zero-order valence-electron chi connectivity index (χ0n) is 17.0. The van der Waals surface area contributed by atoms with E-state index >= 15 is 0 Å². The van der Waals surface area contributed by atoms with Gasteiger partial charge in [-0.2, -0.15) is 26.3 Å². The average molecular weight is 506 g/mol. The fourth-order valence-electron chi connectivity index (χ4n) is 2.29. The summed E-state index contributed by atoms with van der Waals surface area (Å²) in [7, 11) is -8.95. The van der Waals surface area contributed by atoms with Gasteiger partial charge in [-0.15, -0.1) is 0 Å². The summed E-state index contributed by atoms with van der Waals surface area (Å²) in [5, 5.41) is 0. The molecule has 0 atom stereocenters. The number of halogens is 6. The average Bonchev–Trinajstić information content (AvgIpc) is 2.62. The van der Waals surface area contributed by atoms with Crippen molar-refractivity contribution in [1.82, 2.24) is 4.48 Å². The summed E-state index contributed by atoms with van der Waals surface area (Å²) in [6, 6.07) is 19.4. The summed E-state index contributed by atoms with van der Waals surface area (Å²) in [4.78, 5) is 0. The van der Waals surface area contributed by atoms with E-state index in [0.717, 1.165) is 15.2 Å². The topological polar surface area (TPSA) is 82.4 Å². The van der Waals surface area contributed by atoms with Gasteiger partial charge in [-0.3, -0.25) is 4.48 Å². The van der Waals surface area contributed by atoms with Crippen LogP contribution in [0.25, 0.3) is 4.13 Å². The summed E-state index contributed by atoms with van der Waals surface area (Å²) in [5.74, 6) is 0. The van der Waals surface area contributed by atoms with E-state index < -0.39 is 31.1 Å². The van der Waals surface area contributed by atoms with E-state index in [1.807, 2.05) is 0 Å². The quantitative estimate of drug-likeness (QED) is 0.430. The Balaban J connectivity index is 0.000000324. The van der Waals surface area contributed by atoms with Crippen LogP contribution >= 0.6 is 0 Å². The molecule has 0 amide bonds. The van der Waals surface area contributed by atoms with Gasteiger partial charge in [0.1, 0.15) is 12.2 Å². The molecule has 0 radical (unpaired) electrons. The van der Waals surface area contributed by atoms with Crippen molar-refractivity contribution < 1.29 is 43.2 Å². The highest BCUT2D eigenvalue weighted by Gasteiger charge is 2.46. The second-order valence-corrected chi connectivity index (χ2v) is 10.5. The first-order valence-electron chi connectivity index (χ1n) is 8.59. The van der Waals surface area contributed by atoms with E-state index in [2.05, 4.69) is 75.6 Å². The lowest BCUT2D eigenvalue weighted by atomic mass is 10.1. The third-order valence-electron chi connectivity index (χ3n) is 3.93. The molecular formula is C18H20F6N2O4S2. The molecule has 2 aromatic rings. The van der Waals surface area contributed by atoms with Crippen LogP contribution < -0.4 is 4.48 Å². The van der Waals surface area contributed by atoms with Crippen LogP contribution in [-0.2, 0) is 26.6 Å². The van der Waals surface area contributed by atoms with Gasteiger partial charge in [0.05, 0.1) is 14.1 Å². The van der Waals surface area contributed by atoms with Crippen molar-refractivity contribution in [2.75, 3.05) is 14.1 Å². The van der Waals surface area contributed by atoms with Gasteiger partial charge in [0.15, 0.2) is 20.0 Å². The number of sulfonamides is 2. The molecule has 180 valence electrons. The van der Waals surface area contributed by atoms with Gasteiger partial charge in [0.25, 0.3) is 0 Å². The predicted octanol–water partition coefficient (Wildman–Crippen LogP) is 4.82. The van der Waals surface area contributed by atoms with E-state index in [-0.39, 0.29) is 0 Å². The van der Waals surface area contributed by atoms with Crippen molar-refractivity contribution in [3.63, 3.8) is 0 Å². The number of quaternary nitrogens is 1. The van der Waals surface area contributed by atoms with Gasteiger partial charge in [-0.25, -0.2) is 16.8 Å². The first-order chi connectivity index (χ1) is 14.3. The van der Waals surface area contributed by atoms with Crippen LogP contribution in [-0.4, -0.2) is 41.9 Å². The Morgan fingerprint density at radius 2 is 1.16 bits per heavy atom. The fraction of sp³-hybridized carbons (Fsp3) is 0.333. The van der Waals surface area contributed by atoms with Crippen molar-refractivity contribution in [2.45, 2.75) is 24.5 Å². The van der Waals surface area contributed by atoms with Gasteiger partial charge < -0.3 is 4.13 Å². The summed E-state index contributed by atoms with van der Waals surface area (Å²) in [6.45, 7) is 3.14. The zero-order chi connectivity index (χ0) is 25.0. The number of hydrogen-bond donors (Lipinski definition) is 0. The van der Waals surface area contributed by atoms with E-state index in [1.54, 1.807) is 0 Å². The summed E-state index contributed by atoms with van der Waals surface area (Å²) in [5.41, 5.74) is -8.37. The SMILES string of the molecule is Cc1ccc(C[N+](C)(C)c2ccccc2)cc1.O=S(=O)([N-]S(=O)(=O)C(F)(F)F)C(F)(F)F. The number of nitrogens with zero attached hydrogens (tertiary/aromatic N) is 2. The number of para-hydroxylation sites is 1. The van der Waals surface area contributed by atoms with E-state index in [0.29, 0.717) is 0 Å².